The summed E-state index contributed by atoms with van der Waals surface area (Å²) in [5.74, 6) is -1.22. The quantitative estimate of drug-likeness (QED) is 0.0513. The Morgan fingerprint density at radius 1 is 0.741 bits per heavy atom. The normalized spacial score (nSPS) is 16.4. The first-order chi connectivity index (χ1) is 25.6. The number of ether oxygens (including phenoxy) is 6. The third kappa shape index (κ3) is 8.99. The van der Waals surface area contributed by atoms with Crippen molar-refractivity contribution in [2.45, 2.75) is 51.1 Å². The molecule has 0 spiro atoms. The van der Waals surface area contributed by atoms with Crippen LogP contribution in [0.15, 0.2) is 84.9 Å². The fraction of sp³-hybridized carbons (Fsp3) is 0.350. The van der Waals surface area contributed by atoms with Gasteiger partial charge in [-0.1, -0.05) is 26.0 Å². The number of hydrogen-bond acceptors (Lipinski definition) is 8. The van der Waals surface area contributed by atoms with E-state index in [1.165, 1.54) is 0 Å². The Balaban J connectivity index is 0.995. The lowest BCUT2D eigenvalue weighted by Crippen LogP contribution is -2.45. The Hall–Kier alpha value is -5.08. The standard InChI is InChI=1S/C40H36F6O8/c1-24-33-19-29(52-35(47)25-5-9-27(10-6-25)51-18-4-3-17-49-21-38(2)22-50-23-38)13-15-31(33)32-16-14-30(20-34(24)32)53-36(48)26-7-11-28(12-8-26)54-40(45,46)37(41)39(42,43)44/h5-16,19-20,24,37H,3-4,17-18,21-23H2,1-2H3. The summed E-state index contributed by atoms with van der Waals surface area (Å²) in [6.07, 6.45) is -13.8. The van der Waals surface area contributed by atoms with Gasteiger partial charge in [-0.05, 0) is 108 Å². The highest BCUT2D eigenvalue weighted by molar-refractivity contribution is 5.92. The van der Waals surface area contributed by atoms with Gasteiger partial charge in [-0.15, -0.1) is 0 Å². The Labute approximate surface area is 306 Å². The minimum Gasteiger partial charge on any atom is -0.494 e. The highest BCUT2D eigenvalue weighted by atomic mass is 19.4. The number of alkyl halides is 6. The number of benzene rings is 4. The van der Waals surface area contributed by atoms with Crippen molar-refractivity contribution in [2.75, 3.05) is 33.0 Å². The molecule has 8 nitrogen and oxygen atoms in total. The number of halogens is 6. The highest BCUT2D eigenvalue weighted by Gasteiger charge is 2.59. The van der Waals surface area contributed by atoms with Crippen LogP contribution >= 0.6 is 0 Å². The zero-order chi connectivity index (χ0) is 38.7. The van der Waals surface area contributed by atoms with Crippen LogP contribution in [-0.2, 0) is 9.47 Å². The lowest BCUT2D eigenvalue weighted by Gasteiger charge is -2.37. The molecular formula is C40H36F6O8. The van der Waals surface area contributed by atoms with Crippen molar-refractivity contribution in [1.82, 2.24) is 0 Å². The average molecular weight is 759 g/mol. The van der Waals surface area contributed by atoms with Crippen LogP contribution in [0.1, 0.15) is 64.4 Å². The molecule has 14 heteroatoms. The first-order valence-electron chi connectivity index (χ1n) is 17.1. The molecule has 2 aliphatic rings. The number of unbranched alkanes of at least 4 members (excludes halogenated alkanes) is 1. The van der Waals surface area contributed by atoms with Gasteiger partial charge in [0.1, 0.15) is 23.0 Å². The fourth-order valence-electron chi connectivity index (χ4n) is 6.01. The Bertz CT molecular complexity index is 1960. The maximum Gasteiger partial charge on any atom is 0.439 e. The Morgan fingerprint density at radius 3 is 1.70 bits per heavy atom. The molecule has 0 N–H and O–H groups in total. The van der Waals surface area contributed by atoms with E-state index in [0.717, 1.165) is 72.6 Å². The molecule has 0 radical (unpaired) electrons. The molecule has 0 amide bonds. The lowest BCUT2D eigenvalue weighted by atomic mass is 9.90. The molecule has 54 heavy (non-hydrogen) atoms. The summed E-state index contributed by atoms with van der Waals surface area (Å²) < 4.78 is 109. The van der Waals surface area contributed by atoms with Crippen molar-refractivity contribution in [3.63, 3.8) is 0 Å². The monoisotopic (exact) mass is 758 g/mol. The van der Waals surface area contributed by atoms with Crippen molar-refractivity contribution in [2.24, 2.45) is 5.41 Å². The van der Waals surface area contributed by atoms with Gasteiger partial charge in [-0.3, -0.25) is 0 Å². The number of rotatable bonds is 15. The maximum absolute atomic E-state index is 13.6. The van der Waals surface area contributed by atoms with Crippen molar-refractivity contribution < 1.29 is 64.4 Å². The number of carbonyl (C=O) groups excluding carboxylic acids is 2. The van der Waals surface area contributed by atoms with E-state index in [1.54, 1.807) is 54.6 Å². The average Bonchev–Trinajstić information content (AvgIpc) is 3.40. The SMILES string of the molecule is CC1c2cc(OC(=O)c3ccc(OCCCCOCC4(C)COC4)cc3)ccc2-c2ccc(OC(=O)c3ccc(OC(F)(F)C(F)C(F)(F)F)cc3)cc21. The topological polar surface area (TPSA) is 89.5 Å². The van der Waals surface area contributed by atoms with Crippen molar-refractivity contribution in [3.8, 4) is 34.1 Å². The van der Waals surface area contributed by atoms with Gasteiger partial charge in [0.05, 0.1) is 37.6 Å². The van der Waals surface area contributed by atoms with Crippen LogP contribution in [0.2, 0.25) is 0 Å². The summed E-state index contributed by atoms with van der Waals surface area (Å²) in [4.78, 5) is 25.7. The first kappa shape index (κ1) is 38.6. The van der Waals surface area contributed by atoms with E-state index in [1.807, 2.05) is 13.0 Å². The van der Waals surface area contributed by atoms with Crippen molar-refractivity contribution >= 4 is 11.9 Å². The van der Waals surface area contributed by atoms with Crippen LogP contribution in [0.5, 0.6) is 23.0 Å². The summed E-state index contributed by atoms with van der Waals surface area (Å²) in [5, 5.41) is 0. The lowest BCUT2D eigenvalue weighted by molar-refractivity contribution is -0.304. The number of carbonyl (C=O) groups is 2. The van der Waals surface area contributed by atoms with E-state index < -0.39 is 36.1 Å². The molecule has 4 aromatic carbocycles. The van der Waals surface area contributed by atoms with Gasteiger partial charge in [0.2, 0.25) is 0 Å². The second kappa shape index (κ2) is 15.7. The Kier molecular flexibility index (Phi) is 11.2. The van der Waals surface area contributed by atoms with Crippen molar-refractivity contribution in [1.29, 1.82) is 0 Å². The van der Waals surface area contributed by atoms with Crippen LogP contribution < -0.4 is 18.9 Å². The van der Waals surface area contributed by atoms with Crippen LogP contribution in [0.4, 0.5) is 26.3 Å². The Morgan fingerprint density at radius 2 is 1.22 bits per heavy atom. The molecule has 286 valence electrons. The minimum atomic E-state index is -5.83. The molecule has 0 aromatic heterocycles. The van der Waals surface area contributed by atoms with Gasteiger partial charge >= 0.3 is 24.2 Å². The molecule has 1 aliphatic carbocycles. The van der Waals surface area contributed by atoms with Gasteiger partial charge in [0.25, 0.3) is 6.17 Å². The largest absolute Gasteiger partial charge is 0.494 e. The molecule has 1 fully saturated rings. The predicted molar refractivity (Wildman–Crippen MR) is 183 cm³/mol. The van der Waals surface area contributed by atoms with Gasteiger partial charge < -0.3 is 28.4 Å². The summed E-state index contributed by atoms with van der Waals surface area (Å²) in [6, 6.07) is 20.6. The molecule has 0 saturated carbocycles. The smallest absolute Gasteiger partial charge is 0.439 e. The summed E-state index contributed by atoms with van der Waals surface area (Å²) >= 11 is 0. The number of hydrogen-bond donors (Lipinski definition) is 0. The van der Waals surface area contributed by atoms with E-state index in [9.17, 15) is 35.9 Å². The van der Waals surface area contributed by atoms with Crippen LogP contribution in [-0.4, -0.2) is 63.4 Å². The van der Waals surface area contributed by atoms with Gasteiger partial charge in [-0.25, -0.2) is 14.0 Å². The summed E-state index contributed by atoms with van der Waals surface area (Å²) in [6.45, 7) is 7.43. The zero-order valence-electron chi connectivity index (χ0n) is 29.2. The first-order valence-corrected chi connectivity index (χ1v) is 17.1. The van der Waals surface area contributed by atoms with E-state index in [2.05, 4.69) is 11.7 Å². The zero-order valence-corrected chi connectivity index (χ0v) is 29.2. The molecule has 6 rings (SSSR count). The molecule has 4 aromatic rings. The summed E-state index contributed by atoms with van der Waals surface area (Å²) in [5.41, 5.74) is 3.86. The molecule has 2 atom stereocenters. The van der Waals surface area contributed by atoms with E-state index in [4.69, 9.17) is 23.7 Å². The molecular weight excluding hydrogens is 722 g/mol. The van der Waals surface area contributed by atoms with E-state index >= 15 is 0 Å². The fourth-order valence-corrected chi connectivity index (χ4v) is 6.01. The molecule has 0 bridgehead atoms. The van der Waals surface area contributed by atoms with Crippen molar-refractivity contribution in [3.05, 3.63) is 107 Å². The molecule has 1 aliphatic heterocycles. The van der Waals surface area contributed by atoms with Gasteiger partial charge in [-0.2, -0.15) is 22.0 Å². The maximum atomic E-state index is 13.6. The number of fused-ring (bicyclic) bond motifs is 3. The van der Waals surface area contributed by atoms with Gasteiger partial charge in [0, 0.05) is 17.9 Å². The molecule has 1 saturated heterocycles. The molecule has 1 heterocycles. The van der Waals surface area contributed by atoms with E-state index in [-0.39, 0.29) is 22.6 Å². The third-order valence-electron chi connectivity index (χ3n) is 9.01. The second-order valence-corrected chi connectivity index (χ2v) is 13.5. The van der Waals surface area contributed by atoms with Crippen LogP contribution in [0.25, 0.3) is 11.1 Å². The second-order valence-electron chi connectivity index (χ2n) is 13.5. The minimum absolute atomic E-state index is 0.120. The van der Waals surface area contributed by atoms with Gasteiger partial charge in [0.15, 0.2) is 0 Å². The predicted octanol–water partition coefficient (Wildman–Crippen LogP) is 9.34. The van der Waals surface area contributed by atoms with Crippen LogP contribution in [0, 0.1) is 5.41 Å². The highest BCUT2D eigenvalue weighted by Crippen LogP contribution is 2.47. The third-order valence-corrected chi connectivity index (χ3v) is 9.01. The summed E-state index contributed by atoms with van der Waals surface area (Å²) in [7, 11) is 0. The van der Waals surface area contributed by atoms with Crippen LogP contribution in [0.3, 0.4) is 0 Å². The molecule has 2 unspecified atom stereocenters. The number of esters is 2. The van der Waals surface area contributed by atoms with E-state index in [0.29, 0.717) is 36.9 Å².